The predicted octanol–water partition coefficient (Wildman–Crippen LogP) is 5.81. The SMILES string of the molecule is COC(O)N[C@H](C(=O)N1CCC[C@H]1c1ncc(-c2ccc(-c3ccc(NC(=O)c4ccc(N5CCN(C(=O)[C@H]6CC6(C)C)C[C@H]5C)nc4)cc3F)cc2)[nH]1)C(C)C. The summed E-state index contributed by atoms with van der Waals surface area (Å²) < 4.78 is 20.4. The lowest BCUT2D eigenvalue weighted by atomic mass is 10.0. The van der Waals surface area contributed by atoms with Crippen LogP contribution in [0.1, 0.15) is 76.1 Å². The van der Waals surface area contributed by atoms with Crippen LogP contribution in [0.25, 0.3) is 22.4 Å². The maximum absolute atomic E-state index is 15.5. The molecule has 4 heterocycles. The Bertz CT molecular complexity index is 2090. The number of nitrogens with zero attached hydrogens (tertiary/aromatic N) is 5. The molecule has 2 aromatic carbocycles. The van der Waals surface area contributed by atoms with Crippen molar-refractivity contribution in [3.63, 3.8) is 0 Å². The number of ether oxygens (including phenoxy) is 1. The smallest absolute Gasteiger partial charge is 0.257 e. The van der Waals surface area contributed by atoms with E-state index in [2.05, 4.69) is 51.3 Å². The number of benzene rings is 2. The Balaban J connectivity index is 0.949. The number of aliphatic hydroxyl groups is 1. The summed E-state index contributed by atoms with van der Waals surface area (Å²) in [5.41, 5.74) is 3.46. The average molecular weight is 781 g/mol. The summed E-state index contributed by atoms with van der Waals surface area (Å²) in [5, 5.41) is 15.6. The van der Waals surface area contributed by atoms with Crippen LogP contribution in [0, 0.1) is 23.1 Å². The van der Waals surface area contributed by atoms with E-state index in [1.807, 2.05) is 49.1 Å². The third kappa shape index (κ3) is 8.58. The Kier molecular flexibility index (Phi) is 11.5. The van der Waals surface area contributed by atoms with Crippen LogP contribution in [0.15, 0.2) is 67.0 Å². The summed E-state index contributed by atoms with van der Waals surface area (Å²) in [4.78, 5) is 58.1. The number of likely N-dealkylation sites (tertiary alicyclic amines) is 1. The van der Waals surface area contributed by atoms with Crippen molar-refractivity contribution in [1.82, 2.24) is 30.1 Å². The molecule has 2 aliphatic heterocycles. The van der Waals surface area contributed by atoms with Gasteiger partial charge in [0.1, 0.15) is 17.5 Å². The summed E-state index contributed by atoms with van der Waals surface area (Å²) in [6.45, 7) is 12.7. The molecule has 0 bridgehead atoms. The molecule has 2 saturated heterocycles. The van der Waals surface area contributed by atoms with Gasteiger partial charge in [-0.2, -0.15) is 0 Å². The number of amides is 3. The van der Waals surface area contributed by atoms with E-state index >= 15 is 4.39 Å². The minimum Gasteiger partial charge on any atom is -0.356 e. The summed E-state index contributed by atoms with van der Waals surface area (Å²) in [6, 6.07) is 14.8. The second kappa shape index (κ2) is 16.4. The number of aromatic amines is 1. The minimum absolute atomic E-state index is 0.0721. The Labute approximate surface area is 333 Å². The van der Waals surface area contributed by atoms with Crippen molar-refractivity contribution < 1.29 is 28.6 Å². The standard InChI is InChI=1S/C43H53FN8O5/c1-25(2)37(49-42(56)57-6)41(55)52-17-7-8-35(52)38-46-23-34(48-38)28-11-9-27(10-12-28)31-15-14-30(20-33(31)44)47-39(53)29-13-16-36(45-22-29)51-19-18-50(24-26(51)3)40(54)32-21-43(32,4)5/h9-16,20,22-23,25-26,32,35,37,42,49,56H,7-8,17-19,21,24H2,1-6H3,(H,46,48)(H,47,53)/t26-,32-,35+,37+,42?/m1/s1. The van der Waals surface area contributed by atoms with E-state index in [1.165, 1.54) is 19.4 Å². The van der Waals surface area contributed by atoms with Gasteiger partial charge in [0, 0.05) is 62.7 Å². The van der Waals surface area contributed by atoms with Crippen LogP contribution in [-0.2, 0) is 14.3 Å². The molecule has 0 radical (unpaired) electrons. The number of imidazole rings is 1. The van der Waals surface area contributed by atoms with E-state index < -0.39 is 24.2 Å². The monoisotopic (exact) mass is 780 g/mol. The zero-order valence-electron chi connectivity index (χ0n) is 33.5. The fourth-order valence-electron chi connectivity index (χ4n) is 8.07. The van der Waals surface area contributed by atoms with Crippen LogP contribution in [0.4, 0.5) is 15.9 Å². The topological polar surface area (TPSA) is 156 Å². The third-order valence-electron chi connectivity index (χ3n) is 11.7. The molecular formula is C43H53FN8O5. The Morgan fingerprint density at radius 2 is 1.74 bits per heavy atom. The second-order valence-corrected chi connectivity index (χ2v) is 16.6. The summed E-state index contributed by atoms with van der Waals surface area (Å²) in [5.74, 6) is 0.723. The van der Waals surface area contributed by atoms with Crippen LogP contribution in [0.2, 0.25) is 0 Å². The number of nitrogens with one attached hydrogen (secondary N) is 3. The number of anilines is 2. The average Bonchev–Trinajstić information content (AvgIpc) is 3.54. The zero-order chi connectivity index (χ0) is 40.6. The molecule has 2 aromatic heterocycles. The van der Waals surface area contributed by atoms with Crippen molar-refractivity contribution in [3.8, 4) is 22.4 Å². The summed E-state index contributed by atoms with van der Waals surface area (Å²) in [6.07, 6.45) is 4.55. The number of aliphatic hydroxyl groups excluding tert-OH is 1. The van der Waals surface area contributed by atoms with Crippen LogP contribution in [0.3, 0.4) is 0 Å². The number of H-pyrrole nitrogens is 1. The van der Waals surface area contributed by atoms with Gasteiger partial charge in [-0.05, 0) is 79.0 Å². The van der Waals surface area contributed by atoms with Crippen LogP contribution in [-0.4, -0.2) is 99.4 Å². The van der Waals surface area contributed by atoms with Crippen molar-refractivity contribution >= 4 is 29.2 Å². The van der Waals surface area contributed by atoms with E-state index in [1.54, 1.807) is 29.3 Å². The number of piperazine rings is 1. The lowest BCUT2D eigenvalue weighted by Crippen LogP contribution is -2.54. The van der Waals surface area contributed by atoms with Crippen molar-refractivity contribution in [1.29, 1.82) is 0 Å². The molecule has 4 N–H and O–H groups in total. The molecule has 7 rings (SSSR count). The predicted molar refractivity (Wildman–Crippen MR) is 215 cm³/mol. The molecule has 5 atom stereocenters. The van der Waals surface area contributed by atoms with Gasteiger partial charge in [0.25, 0.3) is 5.91 Å². The molecule has 1 unspecified atom stereocenters. The van der Waals surface area contributed by atoms with Crippen molar-refractivity contribution in [2.75, 3.05) is 43.5 Å². The number of hydrogen-bond donors (Lipinski definition) is 4. The second-order valence-electron chi connectivity index (χ2n) is 16.6. The maximum atomic E-state index is 15.5. The Morgan fingerprint density at radius 3 is 2.37 bits per heavy atom. The highest BCUT2D eigenvalue weighted by Gasteiger charge is 2.52. The number of rotatable bonds is 12. The molecule has 1 aliphatic carbocycles. The highest BCUT2D eigenvalue weighted by molar-refractivity contribution is 6.04. The van der Waals surface area contributed by atoms with Crippen molar-refractivity contribution in [3.05, 3.63) is 84.2 Å². The largest absolute Gasteiger partial charge is 0.356 e. The molecule has 4 aromatic rings. The van der Waals surface area contributed by atoms with E-state index in [0.717, 1.165) is 36.3 Å². The van der Waals surface area contributed by atoms with Crippen molar-refractivity contribution in [2.24, 2.45) is 17.3 Å². The van der Waals surface area contributed by atoms with E-state index in [4.69, 9.17) is 4.74 Å². The molecule has 302 valence electrons. The summed E-state index contributed by atoms with van der Waals surface area (Å²) in [7, 11) is 1.37. The van der Waals surface area contributed by atoms with Gasteiger partial charge in [0.15, 0.2) is 0 Å². The quantitative estimate of drug-likeness (QED) is 0.130. The molecule has 3 aliphatic rings. The van der Waals surface area contributed by atoms with Gasteiger partial charge < -0.3 is 34.8 Å². The maximum Gasteiger partial charge on any atom is 0.257 e. The number of halogens is 1. The van der Waals surface area contributed by atoms with Gasteiger partial charge in [-0.15, -0.1) is 0 Å². The number of hydrogen-bond acceptors (Lipinski definition) is 9. The lowest BCUT2D eigenvalue weighted by molar-refractivity contribution is -0.145. The van der Waals surface area contributed by atoms with Gasteiger partial charge in [0.05, 0.1) is 29.5 Å². The van der Waals surface area contributed by atoms with Gasteiger partial charge in [-0.1, -0.05) is 52.0 Å². The highest BCUT2D eigenvalue weighted by atomic mass is 19.1. The Hall–Kier alpha value is -5.18. The van der Waals surface area contributed by atoms with Gasteiger partial charge in [-0.25, -0.2) is 14.4 Å². The lowest BCUT2D eigenvalue weighted by Gasteiger charge is -2.40. The minimum atomic E-state index is -1.25. The zero-order valence-corrected chi connectivity index (χ0v) is 33.5. The van der Waals surface area contributed by atoms with Crippen LogP contribution >= 0.6 is 0 Å². The molecule has 3 amide bonds. The highest BCUT2D eigenvalue weighted by Crippen LogP contribution is 2.52. The van der Waals surface area contributed by atoms with Crippen LogP contribution < -0.4 is 15.5 Å². The first-order valence-electron chi connectivity index (χ1n) is 19.8. The first-order chi connectivity index (χ1) is 27.2. The molecule has 57 heavy (non-hydrogen) atoms. The van der Waals surface area contributed by atoms with E-state index in [0.29, 0.717) is 54.4 Å². The van der Waals surface area contributed by atoms with Gasteiger partial charge in [0.2, 0.25) is 18.2 Å². The number of methoxy groups -OCH3 is 1. The molecule has 3 fully saturated rings. The Morgan fingerprint density at radius 1 is 1.00 bits per heavy atom. The third-order valence-corrected chi connectivity index (χ3v) is 11.7. The van der Waals surface area contributed by atoms with E-state index in [-0.39, 0.29) is 41.1 Å². The first kappa shape index (κ1) is 40.0. The molecule has 13 nitrogen and oxygen atoms in total. The first-order valence-corrected chi connectivity index (χ1v) is 19.8. The molecule has 0 spiro atoms. The van der Waals surface area contributed by atoms with E-state index in [9.17, 15) is 19.5 Å². The molecule has 1 saturated carbocycles. The number of carbonyl (C=O) groups excluding carboxylic acids is 3. The van der Waals surface area contributed by atoms with Gasteiger partial charge in [-0.3, -0.25) is 19.7 Å². The van der Waals surface area contributed by atoms with Crippen LogP contribution in [0.5, 0.6) is 0 Å². The van der Waals surface area contributed by atoms with Gasteiger partial charge >= 0.3 is 0 Å². The molecule has 14 heteroatoms. The summed E-state index contributed by atoms with van der Waals surface area (Å²) >= 11 is 0. The molecular weight excluding hydrogens is 728 g/mol. The normalized spacial score (nSPS) is 21.4. The fraction of sp³-hybridized carbons (Fsp3) is 0.465. The number of pyridine rings is 1. The fourth-order valence-corrected chi connectivity index (χ4v) is 8.07. The van der Waals surface area contributed by atoms with Crippen molar-refractivity contribution in [2.45, 2.75) is 78.4 Å². The number of carbonyl (C=O) groups is 3. The number of aromatic nitrogens is 3.